The molecule has 30 heavy (non-hydrogen) atoms. The third-order valence-electron chi connectivity index (χ3n) is 6.51. The fraction of sp³-hybridized carbons (Fsp3) is 0.375. The first-order chi connectivity index (χ1) is 14.7. The van der Waals surface area contributed by atoms with Gasteiger partial charge in [0.05, 0.1) is 5.92 Å². The number of carbonyl (C=O) groups excluding carboxylic acids is 1. The van der Waals surface area contributed by atoms with E-state index in [1.807, 2.05) is 47.4 Å². The highest BCUT2D eigenvalue weighted by atomic mass is 16.3. The zero-order valence-electron chi connectivity index (χ0n) is 16.9. The Morgan fingerprint density at radius 3 is 2.63 bits per heavy atom. The first-order valence-corrected chi connectivity index (χ1v) is 10.8. The Hall–Kier alpha value is -3.15. The average molecular weight is 402 g/mol. The summed E-state index contributed by atoms with van der Waals surface area (Å²) in [5.41, 5.74) is 2.97. The molecule has 1 unspecified atom stereocenters. The van der Waals surface area contributed by atoms with Gasteiger partial charge in [-0.15, -0.1) is 0 Å². The first-order valence-electron chi connectivity index (χ1n) is 10.8. The Labute approximate surface area is 176 Å². The minimum Gasteiger partial charge on any atom is -0.508 e. The van der Waals surface area contributed by atoms with Crippen LogP contribution in [-0.2, 0) is 11.2 Å². The van der Waals surface area contributed by atoms with E-state index in [2.05, 4.69) is 10.2 Å². The molecule has 2 aliphatic rings. The fourth-order valence-corrected chi connectivity index (χ4v) is 4.85. The number of carbonyl (C=O) groups is 1. The number of phenols is 1. The second-order valence-corrected chi connectivity index (χ2v) is 8.30. The Bertz CT molecular complexity index is 1040. The second kappa shape index (κ2) is 7.94. The van der Waals surface area contributed by atoms with Gasteiger partial charge in [0.15, 0.2) is 5.82 Å². The van der Waals surface area contributed by atoms with Crippen LogP contribution < -0.4 is 0 Å². The molecule has 1 fully saturated rings. The summed E-state index contributed by atoms with van der Waals surface area (Å²) in [4.78, 5) is 20.0. The van der Waals surface area contributed by atoms with Crippen LogP contribution in [0.15, 0.2) is 48.5 Å². The number of H-pyrrole nitrogens is 1. The number of piperidine rings is 1. The van der Waals surface area contributed by atoms with Gasteiger partial charge < -0.3 is 10.0 Å². The molecule has 6 nitrogen and oxygen atoms in total. The number of hydrogen-bond donors (Lipinski definition) is 2. The number of nitrogens with one attached hydrogen (secondary N) is 1. The number of fused-ring (bicyclic) bond motifs is 1. The smallest absolute Gasteiger partial charge is 0.230 e. The third kappa shape index (κ3) is 3.47. The van der Waals surface area contributed by atoms with Crippen molar-refractivity contribution in [3.63, 3.8) is 0 Å². The molecule has 154 valence electrons. The van der Waals surface area contributed by atoms with Crippen LogP contribution in [0.5, 0.6) is 5.75 Å². The van der Waals surface area contributed by atoms with Crippen LogP contribution in [0, 0.1) is 0 Å². The van der Waals surface area contributed by atoms with Gasteiger partial charge in [0.25, 0.3) is 0 Å². The summed E-state index contributed by atoms with van der Waals surface area (Å²) >= 11 is 0. The molecule has 1 saturated heterocycles. The van der Waals surface area contributed by atoms with Crippen molar-refractivity contribution in [1.82, 2.24) is 20.1 Å². The Kier molecular flexibility index (Phi) is 4.99. The number of rotatable bonds is 3. The molecule has 1 amide bonds. The molecular formula is C24H26N4O2. The number of phenolic OH excluding ortho intramolecular Hbond substituents is 1. The average Bonchev–Trinajstić information content (AvgIpc) is 3.30. The predicted molar refractivity (Wildman–Crippen MR) is 114 cm³/mol. The zero-order chi connectivity index (χ0) is 20.5. The molecule has 0 bridgehead atoms. The van der Waals surface area contributed by atoms with Gasteiger partial charge in [-0.05, 0) is 49.3 Å². The normalized spacial score (nSPS) is 19.5. The fourth-order valence-electron chi connectivity index (χ4n) is 4.85. The van der Waals surface area contributed by atoms with Gasteiger partial charge in [-0.2, -0.15) is 5.10 Å². The van der Waals surface area contributed by atoms with Gasteiger partial charge in [0, 0.05) is 24.6 Å². The molecular weight excluding hydrogens is 376 g/mol. The molecule has 2 N–H and O–H groups in total. The van der Waals surface area contributed by atoms with E-state index in [9.17, 15) is 9.90 Å². The maximum absolute atomic E-state index is 13.3. The van der Waals surface area contributed by atoms with Crippen LogP contribution in [0.25, 0.3) is 11.4 Å². The van der Waals surface area contributed by atoms with Crippen molar-refractivity contribution in [2.45, 2.75) is 43.9 Å². The van der Waals surface area contributed by atoms with Crippen molar-refractivity contribution >= 4 is 5.91 Å². The quantitative estimate of drug-likeness (QED) is 0.694. The highest BCUT2D eigenvalue weighted by Gasteiger charge is 2.33. The number of amides is 1. The van der Waals surface area contributed by atoms with Gasteiger partial charge in [0.1, 0.15) is 11.6 Å². The van der Waals surface area contributed by atoms with E-state index < -0.39 is 0 Å². The SMILES string of the molecule is O=C(C1CCCc2c(O)cccc21)N1CCC(c2nc(-c3ccccc3)n[nH]2)CC1. The molecule has 1 aliphatic heterocycles. The summed E-state index contributed by atoms with van der Waals surface area (Å²) in [5, 5.41) is 17.7. The Morgan fingerprint density at radius 2 is 1.83 bits per heavy atom. The summed E-state index contributed by atoms with van der Waals surface area (Å²) in [7, 11) is 0. The van der Waals surface area contributed by atoms with Crippen LogP contribution in [0.2, 0.25) is 0 Å². The van der Waals surface area contributed by atoms with E-state index in [1.165, 1.54) is 0 Å². The molecule has 0 radical (unpaired) electrons. The minimum atomic E-state index is -0.132. The Balaban J connectivity index is 1.25. The summed E-state index contributed by atoms with van der Waals surface area (Å²) in [6, 6.07) is 15.5. The van der Waals surface area contributed by atoms with E-state index in [0.29, 0.717) is 11.7 Å². The topological polar surface area (TPSA) is 82.1 Å². The molecule has 6 heteroatoms. The van der Waals surface area contributed by atoms with Crippen molar-refractivity contribution in [3.05, 3.63) is 65.5 Å². The van der Waals surface area contributed by atoms with Gasteiger partial charge >= 0.3 is 0 Å². The van der Waals surface area contributed by atoms with Gasteiger partial charge in [-0.1, -0.05) is 42.5 Å². The molecule has 2 heterocycles. The second-order valence-electron chi connectivity index (χ2n) is 8.30. The van der Waals surface area contributed by atoms with Crippen molar-refractivity contribution in [3.8, 4) is 17.1 Å². The highest BCUT2D eigenvalue weighted by molar-refractivity contribution is 5.85. The first kappa shape index (κ1) is 18.9. The molecule has 1 aromatic heterocycles. The van der Waals surface area contributed by atoms with E-state index >= 15 is 0 Å². The number of aromatic nitrogens is 3. The largest absolute Gasteiger partial charge is 0.508 e. The van der Waals surface area contributed by atoms with Crippen LogP contribution in [0.3, 0.4) is 0 Å². The summed E-state index contributed by atoms with van der Waals surface area (Å²) < 4.78 is 0. The summed E-state index contributed by atoms with van der Waals surface area (Å²) in [6.07, 6.45) is 4.42. The maximum Gasteiger partial charge on any atom is 0.230 e. The van der Waals surface area contributed by atoms with Crippen LogP contribution in [0.1, 0.15) is 54.5 Å². The lowest BCUT2D eigenvalue weighted by Gasteiger charge is -2.35. The van der Waals surface area contributed by atoms with Crippen LogP contribution in [0.4, 0.5) is 0 Å². The molecule has 1 atom stereocenters. The van der Waals surface area contributed by atoms with Gasteiger partial charge in [-0.3, -0.25) is 9.89 Å². The van der Waals surface area contributed by atoms with Crippen molar-refractivity contribution in [2.24, 2.45) is 0 Å². The van der Waals surface area contributed by atoms with Gasteiger partial charge in [0.2, 0.25) is 5.91 Å². The number of hydrogen-bond acceptors (Lipinski definition) is 4. The lowest BCUT2D eigenvalue weighted by molar-refractivity contribution is -0.134. The maximum atomic E-state index is 13.3. The lowest BCUT2D eigenvalue weighted by atomic mass is 9.81. The molecule has 2 aromatic carbocycles. The van der Waals surface area contributed by atoms with E-state index in [-0.39, 0.29) is 11.8 Å². The molecule has 3 aromatic rings. The van der Waals surface area contributed by atoms with Gasteiger partial charge in [-0.25, -0.2) is 4.98 Å². The number of aromatic hydroxyl groups is 1. The zero-order valence-corrected chi connectivity index (χ0v) is 16.9. The Morgan fingerprint density at radius 1 is 1.03 bits per heavy atom. The van der Waals surface area contributed by atoms with E-state index in [0.717, 1.165) is 73.5 Å². The monoisotopic (exact) mass is 402 g/mol. The minimum absolute atomic E-state index is 0.132. The van der Waals surface area contributed by atoms with E-state index in [4.69, 9.17) is 4.98 Å². The van der Waals surface area contributed by atoms with Crippen molar-refractivity contribution in [1.29, 1.82) is 0 Å². The predicted octanol–water partition coefficient (Wildman–Crippen LogP) is 4.00. The highest BCUT2D eigenvalue weighted by Crippen LogP contribution is 2.38. The number of likely N-dealkylation sites (tertiary alicyclic amines) is 1. The molecule has 5 rings (SSSR count). The lowest BCUT2D eigenvalue weighted by Crippen LogP contribution is -2.41. The summed E-state index contributed by atoms with van der Waals surface area (Å²) in [5.74, 6) is 2.32. The number of benzene rings is 2. The number of nitrogens with zero attached hydrogens (tertiary/aromatic N) is 3. The van der Waals surface area contributed by atoms with Crippen LogP contribution >= 0.6 is 0 Å². The molecule has 0 saturated carbocycles. The summed E-state index contributed by atoms with van der Waals surface area (Å²) in [6.45, 7) is 1.46. The third-order valence-corrected chi connectivity index (χ3v) is 6.51. The van der Waals surface area contributed by atoms with Crippen molar-refractivity contribution < 1.29 is 9.90 Å². The van der Waals surface area contributed by atoms with E-state index in [1.54, 1.807) is 6.07 Å². The van der Waals surface area contributed by atoms with Crippen molar-refractivity contribution in [2.75, 3.05) is 13.1 Å². The molecule has 1 aliphatic carbocycles. The number of aromatic amines is 1. The van der Waals surface area contributed by atoms with Crippen LogP contribution in [-0.4, -0.2) is 44.2 Å². The molecule has 0 spiro atoms. The standard InChI is InChI=1S/C24H26N4O2/c29-21-11-5-8-18-19(21)9-4-10-20(18)24(30)28-14-12-17(13-15-28)23-25-22(26-27-23)16-6-2-1-3-7-16/h1-3,5-8,11,17,20,29H,4,9-10,12-15H2,(H,25,26,27).